The molecule has 0 bridgehead atoms. The van der Waals surface area contributed by atoms with Crippen molar-refractivity contribution in [3.8, 4) is 11.6 Å². The van der Waals surface area contributed by atoms with Crippen molar-refractivity contribution >= 4 is 27.5 Å². The Labute approximate surface area is 126 Å². The first kappa shape index (κ1) is 15.1. The summed E-state index contributed by atoms with van der Waals surface area (Å²) in [6, 6.07) is 6.03. The molecule has 0 N–H and O–H groups in total. The van der Waals surface area contributed by atoms with E-state index in [0.29, 0.717) is 11.9 Å². The molecule has 0 saturated heterocycles. The van der Waals surface area contributed by atoms with Gasteiger partial charge in [0.05, 0.1) is 5.56 Å². The number of benzene rings is 1. The molecular weight excluding hydrogens is 358 g/mol. The lowest BCUT2D eigenvalue weighted by molar-refractivity contribution is -0.137. The molecule has 1 heterocycles. The van der Waals surface area contributed by atoms with Crippen molar-refractivity contribution in [3.63, 3.8) is 0 Å². The molecule has 0 unspecified atom stereocenters. The summed E-state index contributed by atoms with van der Waals surface area (Å²) in [5.74, 6) is 0.410. The average Bonchev–Trinajstić information content (AvgIpc) is 2.33. The molecule has 7 heteroatoms. The second-order valence-corrected chi connectivity index (χ2v) is 5.34. The van der Waals surface area contributed by atoms with Crippen LogP contribution in [-0.4, -0.2) is 4.98 Å². The largest absolute Gasteiger partial charge is 0.437 e. The summed E-state index contributed by atoms with van der Waals surface area (Å²) in [6.07, 6.45) is -3.79. The molecule has 0 aliphatic rings. The first-order valence-electron chi connectivity index (χ1n) is 5.44. The van der Waals surface area contributed by atoms with Gasteiger partial charge in [-0.15, -0.1) is 0 Å². The van der Waals surface area contributed by atoms with Gasteiger partial charge in [0.25, 0.3) is 0 Å². The van der Waals surface area contributed by atoms with Gasteiger partial charge in [0.2, 0.25) is 5.88 Å². The highest BCUT2D eigenvalue weighted by Crippen LogP contribution is 2.35. The molecule has 0 aliphatic heterocycles. The van der Waals surface area contributed by atoms with E-state index in [1.165, 1.54) is 0 Å². The van der Waals surface area contributed by atoms with Crippen LogP contribution in [-0.2, 0) is 6.18 Å². The molecule has 20 heavy (non-hydrogen) atoms. The Hall–Kier alpha value is -1.27. The molecule has 1 aromatic heterocycles. The third-order valence-corrected chi connectivity index (χ3v) is 3.24. The summed E-state index contributed by atoms with van der Waals surface area (Å²) in [5, 5.41) is -0.192. The number of pyridine rings is 1. The van der Waals surface area contributed by atoms with Crippen LogP contribution in [0.1, 0.15) is 11.1 Å². The fourth-order valence-electron chi connectivity index (χ4n) is 1.49. The number of alkyl halides is 3. The van der Waals surface area contributed by atoms with Gasteiger partial charge in [-0.25, -0.2) is 4.98 Å². The van der Waals surface area contributed by atoms with Crippen molar-refractivity contribution in [3.05, 3.63) is 51.1 Å². The summed E-state index contributed by atoms with van der Waals surface area (Å²) in [5.41, 5.74) is -0.112. The van der Waals surface area contributed by atoms with Crippen LogP contribution < -0.4 is 4.74 Å². The zero-order valence-electron chi connectivity index (χ0n) is 10.1. The molecular formula is C13H8BrClF3NO. The van der Waals surface area contributed by atoms with Gasteiger partial charge in [-0.05, 0) is 36.8 Å². The van der Waals surface area contributed by atoms with Crippen LogP contribution in [0.25, 0.3) is 0 Å². The van der Waals surface area contributed by atoms with Gasteiger partial charge < -0.3 is 4.74 Å². The number of aryl methyl sites for hydroxylation is 1. The molecule has 1 aromatic carbocycles. The molecule has 2 rings (SSSR count). The quantitative estimate of drug-likeness (QED) is 0.688. The van der Waals surface area contributed by atoms with Gasteiger partial charge in [0.15, 0.2) is 0 Å². The van der Waals surface area contributed by atoms with E-state index in [0.717, 1.165) is 16.1 Å². The highest BCUT2D eigenvalue weighted by Gasteiger charge is 2.31. The van der Waals surface area contributed by atoms with Crippen molar-refractivity contribution in [1.29, 1.82) is 0 Å². The Bertz CT molecular complexity index is 646. The number of hydrogen-bond donors (Lipinski definition) is 0. The van der Waals surface area contributed by atoms with Gasteiger partial charge in [-0.2, -0.15) is 13.2 Å². The zero-order valence-corrected chi connectivity index (χ0v) is 12.5. The van der Waals surface area contributed by atoms with Crippen LogP contribution >= 0.6 is 27.5 Å². The van der Waals surface area contributed by atoms with E-state index in [2.05, 4.69) is 20.9 Å². The summed E-state index contributed by atoms with van der Waals surface area (Å²) < 4.78 is 43.8. The minimum Gasteiger partial charge on any atom is -0.437 e. The van der Waals surface area contributed by atoms with E-state index in [4.69, 9.17) is 16.3 Å². The van der Waals surface area contributed by atoms with Crippen LogP contribution in [0.3, 0.4) is 0 Å². The number of halogens is 5. The Morgan fingerprint density at radius 1 is 1.25 bits per heavy atom. The van der Waals surface area contributed by atoms with E-state index in [1.54, 1.807) is 19.1 Å². The summed E-state index contributed by atoms with van der Waals surface area (Å²) in [6.45, 7) is 1.80. The van der Waals surface area contributed by atoms with Gasteiger partial charge in [-0.1, -0.05) is 27.5 Å². The van der Waals surface area contributed by atoms with Crippen molar-refractivity contribution < 1.29 is 17.9 Å². The fraction of sp³-hybridized carbons (Fsp3) is 0.154. The number of nitrogens with zero attached hydrogens (tertiary/aromatic N) is 1. The summed E-state index contributed by atoms with van der Waals surface area (Å²) >= 11 is 9.08. The average molecular weight is 367 g/mol. The number of ether oxygens (including phenoxy) is 1. The second-order valence-electron chi connectivity index (χ2n) is 4.02. The molecule has 0 fully saturated rings. The lowest BCUT2D eigenvalue weighted by Crippen LogP contribution is -2.05. The molecule has 0 spiro atoms. The lowest BCUT2D eigenvalue weighted by atomic mass is 10.2. The Morgan fingerprint density at radius 3 is 2.50 bits per heavy atom. The molecule has 0 amide bonds. The predicted molar refractivity (Wildman–Crippen MR) is 73.2 cm³/mol. The number of hydrogen-bond acceptors (Lipinski definition) is 2. The van der Waals surface area contributed by atoms with Gasteiger partial charge in [-0.3, -0.25) is 0 Å². The van der Waals surface area contributed by atoms with Crippen LogP contribution in [0.4, 0.5) is 13.2 Å². The van der Waals surface area contributed by atoms with Crippen LogP contribution in [0, 0.1) is 6.92 Å². The normalized spacial score (nSPS) is 11.5. The molecule has 0 aliphatic carbocycles. The maximum Gasteiger partial charge on any atom is 0.417 e. The van der Waals surface area contributed by atoms with E-state index < -0.39 is 11.7 Å². The van der Waals surface area contributed by atoms with E-state index in [9.17, 15) is 13.2 Å². The van der Waals surface area contributed by atoms with Crippen LogP contribution in [0.5, 0.6) is 11.6 Å². The van der Waals surface area contributed by atoms with Gasteiger partial charge >= 0.3 is 6.18 Å². The minimum absolute atomic E-state index is 0.0647. The Kier molecular flexibility index (Phi) is 4.25. The minimum atomic E-state index is -4.48. The van der Waals surface area contributed by atoms with Crippen molar-refractivity contribution in [2.24, 2.45) is 0 Å². The third-order valence-electron chi connectivity index (χ3n) is 2.48. The van der Waals surface area contributed by atoms with Crippen molar-refractivity contribution in [2.75, 3.05) is 0 Å². The van der Waals surface area contributed by atoms with Gasteiger partial charge in [0.1, 0.15) is 10.8 Å². The van der Waals surface area contributed by atoms with E-state index in [-0.39, 0.29) is 10.9 Å². The summed E-state index contributed by atoms with van der Waals surface area (Å²) in [4.78, 5) is 3.62. The highest BCUT2D eigenvalue weighted by atomic mass is 79.9. The third kappa shape index (κ3) is 3.43. The topological polar surface area (TPSA) is 22.1 Å². The van der Waals surface area contributed by atoms with Gasteiger partial charge in [0, 0.05) is 10.7 Å². The maximum absolute atomic E-state index is 12.5. The number of aromatic nitrogens is 1. The molecule has 106 valence electrons. The monoisotopic (exact) mass is 365 g/mol. The molecule has 2 aromatic rings. The molecule has 0 saturated carbocycles. The molecule has 2 nitrogen and oxygen atoms in total. The SMILES string of the molecule is Cc1cc(Br)ccc1Oc1ncc(C(F)(F)F)cc1Cl. The Balaban J connectivity index is 2.30. The lowest BCUT2D eigenvalue weighted by Gasteiger charge is -2.11. The van der Waals surface area contributed by atoms with Crippen molar-refractivity contribution in [2.45, 2.75) is 13.1 Å². The first-order chi connectivity index (χ1) is 9.27. The maximum atomic E-state index is 12.5. The first-order valence-corrected chi connectivity index (χ1v) is 6.61. The highest BCUT2D eigenvalue weighted by molar-refractivity contribution is 9.10. The number of rotatable bonds is 2. The van der Waals surface area contributed by atoms with Crippen LogP contribution in [0.15, 0.2) is 34.9 Å². The smallest absolute Gasteiger partial charge is 0.417 e. The Morgan fingerprint density at radius 2 is 1.95 bits per heavy atom. The molecule has 0 atom stereocenters. The van der Waals surface area contributed by atoms with Crippen molar-refractivity contribution in [1.82, 2.24) is 4.98 Å². The second kappa shape index (κ2) is 5.61. The summed E-state index contributed by atoms with van der Waals surface area (Å²) in [7, 11) is 0. The van der Waals surface area contributed by atoms with E-state index in [1.807, 2.05) is 6.07 Å². The molecule has 0 radical (unpaired) electrons. The predicted octanol–water partition coefficient (Wildman–Crippen LogP) is 5.62. The standard InChI is InChI=1S/C13H8BrClF3NO/c1-7-4-9(14)2-3-11(7)20-12-10(15)5-8(6-19-12)13(16,17)18/h2-6H,1H3. The van der Waals surface area contributed by atoms with Crippen LogP contribution in [0.2, 0.25) is 5.02 Å². The zero-order chi connectivity index (χ0) is 14.9. The van der Waals surface area contributed by atoms with E-state index >= 15 is 0 Å². The fourth-order valence-corrected chi connectivity index (χ4v) is 2.17.